The van der Waals surface area contributed by atoms with Crippen LogP contribution in [-0.2, 0) is 11.3 Å². The van der Waals surface area contributed by atoms with E-state index < -0.39 is 0 Å². The zero-order valence-electron chi connectivity index (χ0n) is 15.4. The highest BCUT2D eigenvalue weighted by atomic mass is 35.5. The first kappa shape index (κ1) is 17.9. The topological polar surface area (TPSA) is 42.0 Å². The van der Waals surface area contributed by atoms with Gasteiger partial charge in [0, 0.05) is 45.1 Å². The number of likely N-dealkylation sites (tertiary alicyclic amines) is 2. The van der Waals surface area contributed by atoms with Gasteiger partial charge in [0.2, 0.25) is 5.91 Å². The van der Waals surface area contributed by atoms with Gasteiger partial charge in [-0.1, -0.05) is 18.0 Å². The molecule has 0 saturated carbocycles. The SMILES string of the molecule is CC(=O)N1CCCC[C@@H]2[C@H]1CCN2Cc1cc(Cl)c2c(c1)OCCCO2. The van der Waals surface area contributed by atoms with Gasteiger partial charge in [-0.3, -0.25) is 9.69 Å². The van der Waals surface area contributed by atoms with Crippen molar-refractivity contribution in [3.63, 3.8) is 0 Å². The average Bonchev–Trinajstić information content (AvgIpc) is 2.80. The van der Waals surface area contributed by atoms with Crippen LogP contribution in [0.4, 0.5) is 0 Å². The van der Waals surface area contributed by atoms with Gasteiger partial charge in [-0.15, -0.1) is 0 Å². The van der Waals surface area contributed by atoms with Crippen molar-refractivity contribution < 1.29 is 14.3 Å². The number of benzene rings is 1. The number of rotatable bonds is 2. The van der Waals surface area contributed by atoms with Crippen LogP contribution in [-0.4, -0.2) is 54.1 Å². The van der Waals surface area contributed by atoms with Crippen molar-refractivity contribution in [2.75, 3.05) is 26.3 Å². The minimum atomic E-state index is 0.211. The molecule has 3 aliphatic rings. The van der Waals surface area contributed by atoms with Crippen LogP contribution in [0.15, 0.2) is 12.1 Å². The molecule has 142 valence electrons. The van der Waals surface area contributed by atoms with Crippen molar-refractivity contribution in [2.45, 2.75) is 57.7 Å². The van der Waals surface area contributed by atoms with E-state index in [0.717, 1.165) is 56.6 Å². The molecule has 6 heteroatoms. The number of amides is 1. The zero-order valence-corrected chi connectivity index (χ0v) is 16.1. The highest BCUT2D eigenvalue weighted by Gasteiger charge is 2.39. The first-order valence-corrected chi connectivity index (χ1v) is 10.1. The Morgan fingerprint density at radius 3 is 2.81 bits per heavy atom. The first-order chi connectivity index (χ1) is 12.6. The van der Waals surface area contributed by atoms with Gasteiger partial charge in [0.15, 0.2) is 11.5 Å². The zero-order chi connectivity index (χ0) is 18.1. The Morgan fingerprint density at radius 1 is 1.12 bits per heavy atom. The number of hydrogen-bond donors (Lipinski definition) is 0. The Balaban J connectivity index is 1.53. The molecular formula is C20H27ClN2O3. The molecule has 2 saturated heterocycles. The van der Waals surface area contributed by atoms with Gasteiger partial charge in [0.25, 0.3) is 0 Å². The Kier molecular flexibility index (Phi) is 5.28. The van der Waals surface area contributed by atoms with E-state index in [-0.39, 0.29) is 5.91 Å². The van der Waals surface area contributed by atoms with Crippen LogP contribution in [0.1, 0.15) is 44.6 Å². The van der Waals surface area contributed by atoms with Crippen LogP contribution in [0.5, 0.6) is 11.5 Å². The summed E-state index contributed by atoms with van der Waals surface area (Å²) in [5.41, 5.74) is 1.15. The molecule has 0 unspecified atom stereocenters. The standard InChI is InChI=1S/C20H27ClN2O3/c1-14(24)23-7-3-2-5-17-18(23)6-8-22(17)13-15-11-16(21)20-19(12-15)25-9-4-10-26-20/h11-12,17-18H,2-10,13H2,1H3/t17-,18-/m1/s1. The van der Waals surface area contributed by atoms with Crippen molar-refractivity contribution in [1.29, 1.82) is 0 Å². The van der Waals surface area contributed by atoms with E-state index in [0.29, 0.717) is 36.1 Å². The molecule has 0 aromatic heterocycles. The monoisotopic (exact) mass is 378 g/mol. The minimum absolute atomic E-state index is 0.211. The second-order valence-corrected chi connectivity index (χ2v) is 7.96. The van der Waals surface area contributed by atoms with Gasteiger partial charge in [-0.25, -0.2) is 0 Å². The summed E-state index contributed by atoms with van der Waals surface area (Å²) in [4.78, 5) is 16.7. The van der Waals surface area contributed by atoms with E-state index >= 15 is 0 Å². The molecule has 2 fully saturated rings. The third-order valence-corrected chi connectivity index (χ3v) is 6.11. The lowest BCUT2D eigenvalue weighted by Crippen LogP contribution is -2.45. The summed E-state index contributed by atoms with van der Waals surface area (Å²) >= 11 is 6.46. The van der Waals surface area contributed by atoms with E-state index in [2.05, 4.69) is 15.9 Å². The fourth-order valence-corrected chi connectivity index (χ4v) is 4.92. The Morgan fingerprint density at radius 2 is 1.96 bits per heavy atom. The molecular weight excluding hydrogens is 352 g/mol. The second kappa shape index (κ2) is 7.65. The van der Waals surface area contributed by atoms with Crippen molar-refractivity contribution in [2.24, 2.45) is 0 Å². The molecule has 3 aliphatic heterocycles. The first-order valence-electron chi connectivity index (χ1n) is 9.73. The predicted molar refractivity (Wildman–Crippen MR) is 101 cm³/mol. The normalized spacial score (nSPS) is 26.2. The van der Waals surface area contributed by atoms with Crippen LogP contribution in [0.3, 0.4) is 0 Å². The van der Waals surface area contributed by atoms with E-state index in [1.54, 1.807) is 6.92 Å². The molecule has 1 amide bonds. The molecule has 0 radical (unpaired) electrons. The minimum Gasteiger partial charge on any atom is -0.489 e. The molecule has 3 heterocycles. The Labute approximate surface area is 160 Å². The summed E-state index contributed by atoms with van der Waals surface area (Å²) < 4.78 is 11.6. The Hall–Kier alpha value is -1.46. The van der Waals surface area contributed by atoms with Crippen molar-refractivity contribution in [3.8, 4) is 11.5 Å². The lowest BCUT2D eigenvalue weighted by Gasteiger charge is -2.32. The van der Waals surface area contributed by atoms with Gasteiger partial charge in [0.1, 0.15) is 0 Å². The lowest BCUT2D eigenvalue weighted by molar-refractivity contribution is -0.131. The largest absolute Gasteiger partial charge is 0.489 e. The van der Waals surface area contributed by atoms with Crippen LogP contribution >= 0.6 is 11.6 Å². The third-order valence-electron chi connectivity index (χ3n) is 5.83. The van der Waals surface area contributed by atoms with Crippen LogP contribution in [0, 0.1) is 0 Å². The summed E-state index contributed by atoms with van der Waals surface area (Å²) in [5, 5.41) is 0.626. The summed E-state index contributed by atoms with van der Waals surface area (Å²) in [7, 11) is 0. The molecule has 0 bridgehead atoms. The predicted octanol–water partition coefficient (Wildman–Crippen LogP) is 3.48. The second-order valence-electron chi connectivity index (χ2n) is 7.56. The van der Waals surface area contributed by atoms with Gasteiger partial charge < -0.3 is 14.4 Å². The smallest absolute Gasteiger partial charge is 0.219 e. The van der Waals surface area contributed by atoms with Gasteiger partial charge >= 0.3 is 0 Å². The maximum atomic E-state index is 12.1. The quantitative estimate of drug-likeness (QED) is 0.790. The average molecular weight is 379 g/mol. The molecule has 0 aliphatic carbocycles. The lowest BCUT2D eigenvalue weighted by atomic mass is 10.0. The maximum Gasteiger partial charge on any atom is 0.219 e. The summed E-state index contributed by atoms with van der Waals surface area (Å²) in [6, 6.07) is 4.86. The van der Waals surface area contributed by atoms with E-state index in [9.17, 15) is 4.79 Å². The number of carbonyl (C=O) groups is 1. The molecule has 0 N–H and O–H groups in total. The summed E-state index contributed by atoms with van der Waals surface area (Å²) in [6.07, 6.45) is 5.38. The number of ether oxygens (including phenoxy) is 2. The Bertz CT molecular complexity index is 681. The highest BCUT2D eigenvalue weighted by Crippen LogP contribution is 2.39. The molecule has 26 heavy (non-hydrogen) atoms. The van der Waals surface area contributed by atoms with Crippen LogP contribution in [0.25, 0.3) is 0 Å². The molecule has 4 rings (SSSR count). The fraction of sp³-hybridized carbons (Fsp3) is 0.650. The van der Waals surface area contributed by atoms with Crippen molar-refractivity contribution >= 4 is 17.5 Å². The van der Waals surface area contributed by atoms with Gasteiger partial charge in [-0.05, 0) is 37.0 Å². The van der Waals surface area contributed by atoms with Crippen LogP contribution in [0.2, 0.25) is 5.02 Å². The van der Waals surface area contributed by atoms with Crippen LogP contribution < -0.4 is 9.47 Å². The number of fused-ring (bicyclic) bond motifs is 2. The maximum absolute atomic E-state index is 12.1. The number of carbonyl (C=O) groups excluding carboxylic acids is 1. The summed E-state index contributed by atoms with van der Waals surface area (Å²) in [5.74, 6) is 1.64. The van der Waals surface area contributed by atoms with E-state index in [1.165, 1.54) is 6.42 Å². The van der Waals surface area contributed by atoms with Crippen molar-refractivity contribution in [3.05, 3.63) is 22.7 Å². The fourth-order valence-electron chi connectivity index (χ4n) is 4.64. The number of nitrogens with zero attached hydrogens (tertiary/aromatic N) is 2. The molecule has 2 atom stereocenters. The molecule has 5 nitrogen and oxygen atoms in total. The molecule has 1 aromatic rings. The molecule has 1 aromatic carbocycles. The third kappa shape index (κ3) is 3.52. The number of halogens is 1. The molecule has 0 spiro atoms. The van der Waals surface area contributed by atoms with E-state index in [1.807, 2.05) is 6.07 Å². The highest BCUT2D eigenvalue weighted by molar-refractivity contribution is 6.32. The van der Waals surface area contributed by atoms with Crippen molar-refractivity contribution in [1.82, 2.24) is 9.80 Å². The van der Waals surface area contributed by atoms with E-state index in [4.69, 9.17) is 21.1 Å². The van der Waals surface area contributed by atoms with Gasteiger partial charge in [-0.2, -0.15) is 0 Å². The number of hydrogen-bond acceptors (Lipinski definition) is 4. The summed E-state index contributed by atoms with van der Waals surface area (Å²) in [6.45, 7) is 5.76. The van der Waals surface area contributed by atoms with Gasteiger partial charge in [0.05, 0.1) is 18.2 Å².